The topological polar surface area (TPSA) is 192 Å². The lowest BCUT2D eigenvalue weighted by atomic mass is 9.85. The van der Waals surface area contributed by atoms with Crippen LogP contribution in [0.4, 0.5) is 0 Å². The second-order valence-electron chi connectivity index (χ2n) is 17.3. The molecule has 13 heteroatoms. The number of aliphatic hydroxyl groups is 5. The average molecular weight is 951 g/mol. The summed E-state index contributed by atoms with van der Waals surface area (Å²) in [7, 11) is -5.04. The lowest BCUT2D eigenvalue weighted by Crippen LogP contribution is -2.64. The van der Waals surface area contributed by atoms with Crippen LogP contribution < -0.4 is 0 Å². The second-order valence-corrected chi connectivity index (χ2v) is 18.7. The molecule has 66 heavy (non-hydrogen) atoms. The molecule has 1 aliphatic rings. The summed E-state index contributed by atoms with van der Waals surface area (Å²) in [4.78, 5) is 23.2. The first-order chi connectivity index (χ1) is 32.0. The fraction of sp³-hybridized carbons (Fsp3) is 0.717. The van der Waals surface area contributed by atoms with E-state index < -0.39 is 63.1 Å². The number of carbonyl (C=O) groups excluding carboxylic acids is 1. The monoisotopic (exact) mass is 951 g/mol. The molecule has 0 aromatic carbocycles. The average Bonchev–Trinajstić information content (AvgIpc) is 3.30. The van der Waals surface area contributed by atoms with Gasteiger partial charge in [-0.2, -0.15) is 0 Å². The van der Waals surface area contributed by atoms with Gasteiger partial charge in [-0.1, -0.05) is 170 Å². The minimum absolute atomic E-state index is 0.100. The highest BCUT2D eigenvalue weighted by Crippen LogP contribution is 2.47. The maximum absolute atomic E-state index is 12.9. The van der Waals surface area contributed by atoms with E-state index in [-0.39, 0.29) is 13.0 Å². The predicted molar refractivity (Wildman–Crippen MR) is 267 cm³/mol. The molecule has 0 saturated heterocycles. The van der Waals surface area contributed by atoms with Gasteiger partial charge in [-0.3, -0.25) is 13.8 Å². The molecule has 0 amide bonds. The van der Waals surface area contributed by atoms with E-state index in [2.05, 4.69) is 98.9 Å². The Morgan fingerprint density at radius 1 is 0.500 bits per heavy atom. The molecular weight excluding hydrogens is 860 g/mol. The Morgan fingerprint density at radius 3 is 1.36 bits per heavy atom. The van der Waals surface area contributed by atoms with Gasteiger partial charge in [-0.15, -0.1) is 0 Å². The normalized spacial score (nSPS) is 22.1. The van der Waals surface area contributed by atoms with Crippen LogP contribution in [0.5, 0.6) is 0 Å². The summed E-state index contributed by atoms with van der Waals surface area (Å²) in [5.74, 6) is -0.494. The summed E-state index contributed by atoms with van der Waals surface area (Å²) in [5.41, 5.74) is 0. The molecule has 0 aliphatic heterocycles. The summed E-state index contributed by atoms with van der Waals surface area (Å²) < 4.78 is 34.3. The molecule has 1 aliphatic carbocycles. The fourth-order valence-electron chi connectivity index (χ4n) is 7.24. The lowest BCUT2D eigenvalue weighted by molar-refractivity contribution is -0.220. The maximum atomic E-state index is 12.9. The van der Waals surface area contributed by atoms with Crippen molar-refractivity contribution in [2.24, 2.45) is 0 Å². The van der Waals surface area contributed by atoms with Crippen molar-refractivity contribution in [1.82, 2.24) is 0 Å². The first-order valence-electron chi connectivity index (χ1n) is 25.4. The highest BCUT2D eigenvalue weighted by molar-refractivity contribution is 7.47. The molecule has 0 radical (unpaired) electrons. The van der Waals surface area contributed by atoms with Gasteiger partial charge in [-0.25, -0.2) is 4.57 Å². The van der Waals surface area contributed by atoms with Crippen molar-refractivity contribution in [3.05, 3.63) is 85.1 Å². The van der Waals surface area contributed by atoms with Crippen LogP contribution >= 0.6 is 7.82 Å². The summed E-state index contributed by atoms with van der Waals surface area (Å²) in [6.07, 6.45) is 45.0. The van der Waals surface area contributed by atoms with Crippen LogP contribution in [0, 0.1) is 0 Å². The molecule has 6 unspecified atom stereocenters. The minimum Gasteiger partial charge on any atom is -0.457 e. The van der Waals surface area contributed by atoms with E-state index in [0.717, 1.165) is 96.3 Å². The highest BCUT2D eigenvalue weighted by atomic mass is 31.2. The number of phosphoric acid groups is 1. The molecular formula is C53H91O12P. The number of allylic oxidation sites excluding steroid dienone is 14. The van der Waals surface area contributed by atoms with E-state index in [1.165, 1.54) is 57.8 Å². The third-order valence-electron chi connectivity index (χ3n) is 11.3. The van der Waals surface area contributed by atoms with Crippen molar-refractivity contribution >= 4 is 13.8 Å². The van der Waals surface area contributed by atoms with E-state index in [0.29, 0.717) is 13.0 Å². The van der Waals surface area contributed by atoms with Gasteiger partial charge in [0, 0.05) is 13.0 Å². The van der Waals surface area contributed by atoms with Crippen LogP contribution in [0.25, 0.3) is 0 Å². The highest BCUT2D eigenvalue weighted by Gasteiger charge is 2.51. The third kappa shape index (κ3) is 33.9. The Bertz CT molecular complexity index is 1410. The zero-order valence-corrected chi connectivity index (χ0v) is 41.6. The van der Waals surface area contributed by atoms with Gasteiger partial charge in [-0.05, 0) is 89.9 Å². The summed E-state index contributed by atoms with van der Waals surface area (Å²) in [6.45, 7) is 4.06. The minimum atomic E-state index is -5.04. The first-order valence-corrected chi connectivity index (χ1v) is 26.9. The van der Waals surface area contributed by atoms with Crippen LogP contribution in [0.2, 0.25) is 0 Å². The molecule has 0 bridgehead atoms. The second kappa shape index (κ2) is 42.6. The van der Waals surface area contributed by atoms with E-state index in [9.17, 15) is 39.8 Å². The first kappa shape index (κ1) is 61.5. The number of unbranched alkanes of at least 4 members (excludes halogenated alkanes) is 16. The number of hydrogen-bond acceptors (Lipinski definition) is 11. The Balaban J connectivity index is 2.39. The maximum Gasteiger partial charge on any atom is 0.472 e. The largest absolute Gasteiger partial charge is 0.472 e. The number of carbonyl (C=O) groups is 1. The van der Waals surface area contributed by atoms with Gasteiger partial charge in [0.05, 0.1) is 13.2 Å². The van der Waals surface area contributed by atoms with E-state index in [4.69, 9.17) is 18.5 Å². The number of phosphoric ester groups is 1. The standard InChI is InChI=1S/C53H91O12P/c1-3-5-7-9-11-13-15-17-19-21-23-25-27-29-31-33-35-37-39-41-43-62-44-46(45-63-66(60,61)65-53-51(58)49(56)48(55)50(57)52(53)59)64-47(54)42-40-38-36-34-32-30-28-26-24-22-20-18-16-14-12-10-8-6-4-2/h5,7,11-14,17-20,23,25,29,31,46,48-53,55-59H,3-4,6,8-10,15-16,21-22,24,26-28,30,32-45H2,1-2H3,(H,60,61)/b7-5-,13-11-,14-12-,19-17-,20-18-,25-23-,31-29-. The smallest absolute Gasteiger partial charge is 0.457 e. The van der Waals surface area contributed by atoms with Crippen LogP contribution in [-0.4, -0.2) is 98.9 Å². The van der Waals surface area contributed by atoms with Crippen LogP contribution in [0.1, 0.15) is 181 Å². The van der Waals surface area contributed by atoms with Gasteiger partial charge in [0.1, 0.15) is 42.7 Å². The molecule has 6 atom stereocenters. The molecule has 1 saturated carbocycles. The predicted octanol–water partition coefficient (Wildman–Crippen LogP) is 11.3. The Labute approximate surface area is 399 Å². The molecule has 6 N–H and O–H groups in total. The molecule has 380 valence electrons. The number of rotatable bonds is 42. The van der Waals surface area contributed by atoms with Gasteiger partial charge >= 0.3 is 13.8 Å². The van der Waals surface area contributed by atoms with Gasteiger partial charge in [0.25, 0.3) is 0 Å². The summed E-state index contributed by atoms with van der Waals surface area (Å²) >= 11 is 0. The van der Waals surface area contributed by atoms with Crippen molar-refractivity contribution in [2.45, 2.75) is 224 Å². The molecule has 1 rings (SSSR count). The summed E-state index contributed by atoms with van der Waals surface area (Å²) in [5, 5.41) is 50.3. The fourth-order valence-corrected chi connectivity index (χ4v) is 8.21. The zero-order chi connectivity index (χ0) is 48.4. The van der Waals surface area contributed by atoms with Crippen molar-refractivity contribution in [3.8, 4) is 0 Å². The SMILES string of the molecule is CC/C=C\C/C=C\C/C=C\C/C=C\C/C=C\CCCCCCOCC(COP(=O)(O)OC1C(O)C(O)C(O)C(O)C1O)OC(=O)CCCCCCCCCCC/C=C\C/C=C\CCCCC. The van der Waals surface area contributed by atoms with Crippen LogP contribution in [0.3, 0.4) is 0 Å². The number of hydrogen-bond donors (Lipinski definition) is 6. The summed E-state index contributed by atoms with van der Waals surface area (Å²) in [6, 6.07) is 0. The van der Waals surface area contributed by atoms with Crippen molar-refractivity contribution in [3.63, 3.8) is 0 Å². The molecule has 0 aromatic rings. The van der Waals surface area contributed by atoms with Crippen molar-refractivity contribution in [2.75, 3.05) is 19.8 Å². The van der Waals surface area contributed by atoms with Crippen molar-refractivity contribution < 1.29 is 58.3 Å². The molecule has 12 nitrogen and oxygen atoms in total. The van der Waals surface area contributed by atoms with Gasteiger partial charge < -0.3 is 39.9 Å². The molecule has 1 fully saturated rings. The molecule has 0 spiro atoms. The third-order valence-corrected chi connectivity index (χ3v) is 12.2. The van der Waals surface area contributed by atoms with E-state index >= 15 is 0 Å². The Morgan fingerprint density at radius 2 is 0.894 bits per heavy atom. The molecule has 0 heterocycles. The Hall–Kier alpha value is -2.48. The number of ether oxygens (including phenoxy) is 2. The number of aliphatic hydroxyl groups excluding tert-OH is 5. The number of esters is 1. The van der Waals surface area contributed by atoms with Crippen LogP contribution in [-0.2, 0) is 27.9 Å². The quantitative estimate of drug-likeness (QED) is 0.0147. The lowest BCUT2D eigenvalue weighted by Gasteiger charge is -2.41. The zero-order valence-electron chi connectivity index (χ0n) is 40.7. The van der Waals surface area contributed by atoms with E-state index in [1.54, 1.807) is 0 Å². The van der Waals surface area contributed by atoms with Gasteiger partial charge in [0.2, 0.25) is 0 Å². The van der Waals surface area contributed by atoms with Gasteiger partial charge in [0.15, 0.2) is 0 Å². The molecule has 0 aromatic heterocycles. The Kier molecular flexibility index (Phi) is 39.7. The van der Waals surface area contributed by atoms with Crippen molar-refractivity contribution in [1.29, 1.82) is 0 Å². The van der Waals surface area contributed by atoms with E-state index in [1.807, 2.05) is 0 Å². The van der Waals surface area contributed by atoms with Crippen LogP contribution in [0.15, 0.2) is 85.1 Å².